The molecule has 0 aliphatic carbocycles. The van der Waals surface area contributed by atoms with E-state index in [1.807, 2.05) is 30.3 Å². The summed E-state index contributed by atoms with van der Waals surface area (Å²) in [7, 11) is 0. The van der Waals surface area contributed by atoms with E-state index < -0.39 is 0 Å². The number of amides is 1. The zero-order valence-corrected chi connectivity index (χ0v) is 16.9. The van der Waals surface area contributed by atoms with E-state index in [0.29, 0.717) is 23.7 Å². The number of morpholine rings is 1. The predicted molar refractivity (Wildman–Crippen MR) is 115 cm³/mol. The molecule has 1 saturated heterocycles. The molecule has 7 heteroatoms. The number of ether oxygens (including phenoxy) is 1. The van der Waals surface area contributed by atoms with E-state index in [4.69, 9.17) is 4.74 Å². The van der Waals surface area contributed by atoms with E-state index in [1.54, 1.807) is 24.5 Å². The van der Waals surface area contributed by atoms with Crippen LogP contribution < -0.4 is 10.2 Å². The summed E-state index contributed by atoms with van der Waals surface area (Å²) in [4.78, 5) is 31.3. The topological polar surface area (TPSA) is 71.5 Å². The van der Waals surface area contributed by atoms with Crippen LogP contribution >= 0.6 is 11.3 Å². The van der Waals surface area contributed by atoms with E-state index >= 15 is 0 Å². The Morgan fingerprint density at radius 3 is 2.55 bits per heavy atom. The molecule has 6 nitrogen and oxygen atoms in total. The van der Waals surface area contributed by atoms with Crippen LogP contribution in [-0.2, 0) is 9.53 Å². The molecular weight excluding hydrogens is 386 g/mol. The second kappa shape index (κ2) is 8.55. The van der Waals surface area contributed by atoms with Crippen molar-refractivity contribution in [3.05, 3.63) is 65.3 Å². The molecule has 3 heterocycles. The third kappa shape index (κ3) is 4.36. The van der Waals surface area contributed by atoms with Gasteiger partial charge in [-0.15, -0.1) is 11.3 Å². The van der Waals surface area contributed by atoms with Crippen LogP contribution in [0.4, 0.5) is 10.7 Å². The average Bonchev–Trinajstić information content (AvgIpc) is 3.20. The van der Waals surface area contributed by atoms with Gasteiger partial charge in [0, 0.05) is 49.2 Å². The van der Waals surface area contributed by atoms with E-state index in [2.05, 4.69) is 15.2 Å². The van der Waals surface area contributed by atoms with Crippen LogP contribution in [0.15, 0.2) is 54.9 Å². The van der Waals surface area contributed by atoms with Crippen molar-refractivity contribution in [3.8, 4) is 11.1 Å². The zero-order chi connectivity index (χ0) is 20.2. The van der Waals surface area contributed by atoms with Crippen molar-refractivity contribution in [2.45, 2.75) is 6.92 Å². The smallest absolute Gasteiger partial charge is 0.221 e. The lowest BCUT2D eigenvalue weighted by Crippen LogP contribution is -2.35. The Balaban J connectivity index is 1.72. The molecule has 0 spiro atoms. The first-order chi connectivity index (χ1) is 14.1. The molecule has 1 fully saturated rings. The van der Waals surface area contributed by atoms with Crippen LogP contribution in [0.5, 0.6) is 0 Å². The van der Waals surface area contributed by atoms with Gasteiger partial charge >= 0.3 is 0 Å². The van der Waals surface area contributed by atoms with Crippen LogP contribution in [0.1, 0.15) is 22.2 Å². The van der Waals surface area contributed by atoms with Crippen molar-refractivity contribution in [3.63, 3.8) is 0 Å². The lowest BCUT2D eigenvalue weighted by atomic mass is 10.1. The van der Waals surface area contributed by atoms with Crippen molar-refractivity contribution in [1.82, 2.24) is 4.98 Å². The Hall–Kier alpha value is -3.03. The highest BCUT2D eigenvalue weighted by molar-refractivity contribution is 7.18. The van der Waals surface area contributed by atoms with Gasteiger partial charge in [0.1, 0.15) is 0 Å². The number of nitrogens with one attached hydrogen (secondary N) is 1. The Kier molecular flexibility index (Phi) is 5.69. The summed E-state index contributed by atoms with van der Waals surface area (Å²) in [5, 5.41) is 3.84. The number of carbonyl (C=O) groups excluding carboxylic acids is 2. The second-order valence-electron chi connectivity index (χ2n) is 6.76. The molecule has 0 saturated carbocycles. The monoisotopic (exact) mass is 407 g/mol. The normalized spacial score (nSPS) is 13.9. The van der Waals surface area contributed by atoms with Gasteiger partial charge in [-0.3, -0.25) is 14.6 Å². The fraction of sp³-hybridized carbons (Fsp3) is 0.227. The van der Waals surface area contributed by atoms with Gasteiger partial charge < -0.3 is 15.0 Å². The highest BCUT2D eigenvalue weighted by atomic mass is 32.1. The number of hydrogen-bond acceptors (Lipinski definition) is 6. The van der Waals surface area contributed by atoms with Gasteiger partial charge in [0.05, 0.1) is 23.1 Å². The van der Waals surface area contributed by atoms with Crippen LogP contribution in [0.2, 0.25) is 0 Å². The third-order valence-corrected chi connectivity index (χ3v) is 5.87. The van der Waals surface area contributed by atoms with Crippen molar-refractivity contribution >= 4 is 33.7 Å². The number of anilines is 2. The van der Waals surface area contributed by atoms with Gasteiger partial charge in [-0.25, -0.2) is 0 Å². The molecule has 29 heavy (non-hydrogen) atoms. The molecule has 1 aliphatic rings. The summed E-state index contributed by atoms with van der Waals surface area (Å²) in [6.45, 7) is 4.41. The summed E-state index contributed by atoms with van der Waals surface area (Å²) >= 11 is 1.50. The van der Waals surface area contributed by atoms with Gasteiger partial charge in [0.2, 0.25) is 11.7 Å². The van der Waals surface area contributed by atoms with Crippen molar-refractivity contribution in [2.75, 3.05) is 36.5 Å². The number of aromatic nitrogens is 1. The molecule has 0 atom stereocenters. The SMILES string of the molecule is CC(=O)Nc1ccc(-c2cc(C(=O)c3cccnc3)sc2N2CCOCC2)cc1. The maximum atomic E-state index is 13.0. The summed E-state index contributed by atoms with van der Waals surface area (Å²) in [5.41, 5.74) is 3.34. The number of ketones is 1. The minimum Gasteiger partial charge on any atom is -0.378 e. The van der Waals surface area contributed by atoms with Crippen LogP contribution in [0, 0.1) is 0 Å². The minimum absolute atomic E-state index is 0.0290. The molecule has 3 aromatic rings. The molecule has 148 valence electrons. The van der Waals surface area contributed by atoms with Gasteiger partial charge in [0.25, 0.3) is 0 Å². The average molecular weight is 407 g/mol. The lowest BCUT2D eigenvalue weighted by Gasteiger charge is -2.28. The first-order valence-corrected chi connectivity index (χ1v) is 10.2. The molecule has 0 radical (unpaired) electrons. The van der Waals surface area contributed by atoms with E-state index in [-0.39, 0.29) is 11.7 Å². The number of carbonyl (C=O) groups is 2. The van der Waals surface area contributed by atoms with Crippen LogP contribution in [0.25, 0.3) is 11.1 Å². The second-order valence-corrected chi connectivity index (χ2v) is 7.79. The zero-order valence-electron chi connectivity index (χ0n) is 16.1. The Morgan fingerprint density at radius 1 is 1.14 bits per heavy atom. The molecule has 0 unspecified atom stereocenters. The fourth-order valence-electron chi connectivity index (χ4n) is 3.28. The fourth-order valence-corrected chi connectivity index (χ4v) is 4.47. The molecular formula is C22H21N3O3S. The molecule has 0 bridgehead atoms. The summed E-state index contributed by atoms with van der Waals surface area (Å²) in [6, 6.07) is 13.2. The van der Waals surface area contributed by atoms with Crippen LogP contribution in [-0.4, -0.2) is 43.0 Å². The number of thiophene rings is 1. The summed E-state index contributed by atoms with van der Waals surface area (Å²) < 4.78 is 5.49. The number of rotatable bonds is 5. The summed E-state index contributed by atoms with van der Waals surface area (Å²) in [5.74, 6) is -0.134. The molecule has 4 rings (SSSR count). The maximum Gasteiger partial charge on any atom is 0.221 e. The Bertz CT molecular complexity index is 1010. The molecule has 2 aromatic heterocycles. The Morgan fingerprint density at radius 2 is 1.90 bits per heavy atom. The van der Waals surface area contributed by atoms with E-state index in [0.717, 1.165) is 34.9 Å². The van der Waals surface area contributed by atoms with E-state index in [1.165, 1.54) is 18.3 Å². The standard InChI is InChI=1S/C22H21N3O3S/c1-15(26)24-18-6-4-16(5-7-18)19-13-20(21(27)17-3-2-8-23-14-17)29-22(19)25-9-11-28-12-10-25/h2-8,13-14H,9-12H2,1H3,(H,24,26). The predicted octanol–water partition coefficient (Wildman–Crippen LogP) is 3.84. The number of pyridine rings is 1. The largest absolute Gasteiger partial charge is 0.378 e. The quantitative estimate of drug-likeness (QED) is 0.651. The van der Waals surface area contributed by atoms with Gasteiger partial charge in [-0.05, 0) is 35.9 Å². The Labute approximate surface area is 173 Å². The highest BCUT2D eigenvalue weighted by Gasteiger charge is 2.22. The van der Waals surface area contributed by atoms with Gasteiger partial charge in [-0.2, -0.15) is 0 Å². The maximum absolute atomic E-state index is 13.0. The number of benzene rings is 1. The molecule has 1 aliphatic heterocycles. The van der Waals surface area contributed by atoms with Gasteiger partial charge in [-0.1, -0.05) is 12.1 Å². The first-order valence-electron chi connectivity index (χ1n) is 9.41. The highest BCUT2D eigenvalue weighted by Crippen LogP contribution is 2.40. The first kappa shape index (κ1) is 19.3. The van der Waals surface area contributed by atoms with Crippen molar-refractivity contribution < 1.29 is 14.3 Å². The lowest BCUT2D eigenvalue weighted by molar-refractivity contribution is -0.114. The van der Waals surface area contributed by atoms with E-state index in [9.17, 15) is 9.59 Å². The summed E-state index contributed by atoms with van der Waals surface area (Å²) in [6.07, 6.45) is 3.25. The molecule has 1 aromatic carbocycles. The molecule has 1 amide bonds. The minimum atomic E-state index is -0.105. The molecule has 1 N–H and O–H groups in total. The third-order valence-electron chi connectivity index (χ3n) is 4.67. The van der Waals surface area contributed by atoms with Crippen molar-refractivity contribution in [1.29, 1.82) is 0 Å². The van der Waals surface area contributed by atoms with Crippen LogP contribution in [0.3, 0.4) is 0 Å². The van der Waals surface area contributed by atoms with Crippen molar-refractivity contribution in [2.24, 2.45) is 0 Å². The number of hydrogen-bond donors (Lipinski definition) is 1. The number of nitrogens with zero attached hydrogens (tertiary/aromatic N) is 2. The van der Waals surface area contributed by atoms with Gasteiger partial charge in [0.15, 0.2) is 0 Å².